The molecule has 0 saturated heterocycles. The van der Waals surface area contributed by atoms with Crippen molar-refractivity contribution in [3.8, 4) is 0 Å². The maximum Gasteiger partial charge on any atom is 0.240 e. The number of aliphatic hydroxyl groups is 1. The molecule has 0 atom stereocenters. The van der Waals surface area contributed by atoms with Gasteiger partial charge in [0, 0.05) is 6.54 Å². The Morgan fingerprint density at radius 3 is 2.24 bits per heavy atom. The van der Waals surface area contributed by atoms with E-state index < -0.39 is 10.0 Å². The molecule has 4 nitrogen and oxygen atoms in total. The fourth-order valence-electron chi connectivity index (χ4n) is 2.69. The van der Waals surface area contributed by atoms with E-state index in [1.165, 1.54) is 0 Å². The minimum Gasteiger partial charge on any atom is -0.393 e. The first-order valence-corrected chi connectivity index (χ1v) is 9.14. The van der Waals surface area contributed by atoms with E-state index in [1.54, 1.807) is 12.1 Å². The van der Waals surface area contributed by atoms with Gasteiger partial charge in [0.05, 0.1) is 11.0 Å². The highest BCUT2D eigenvalue weighted by Gasteiger charge is 2.22. The van der Waals surface area contributed by atoms with Crippen molar-refractivity contribution in [2.24, 2.45) is 5.92 Å². The van der Waals surface area contributed by atoms with Gasteiger partial charge < -0.3 is 5.11 Å². The average molecular weight is 311 g/mol. The van der Waals surface area contributed by atoms with E-state index in [4.69, 9.17) is 0 Å². The van der Waals surface area contributed by atoms with Crippen LogP contribution in [0.15, 0.2) is 29.2 Å². The Morgan fingerprint density at radius 1 is 1.14 bits per heavy atom. The second kappa shape index (κ2) is 6.90. The topological polar surface area (TPSA) is 66.4 Å². The van der Waals surface area contributed by atoms with E-state index in [1.807, 2.05) is 12.1 Å². The SMILES string of the molecule is CC(C)c1ccc(S(=O)(=O)NCC2CCC(O)CC2)cc1. The van der Waals surface area contributed by atoms with Crippen LogP contribution in [0.1, 0.15) is 51.0 Å². The molecule has 2 rings (SSSR count). The molecule has 2 N–H and O–H groups in total. The first-order chi connectivity index (χ1) is 9.88. The van der Waals surface area contributed by atoms with Crippen LogP contribution in [-0.4, -0.2) is 26.2 Å². The van der Waals surface area contributed by atoms with Gasteiger partial charge in [-0.2, -0.15) is 0 Å². The molecule has 1 fully saturated rings. The lowest BCUT2D eigenvalue weighted by atomic mass is 9.88. The molecule has 118 valence electrons. The van der Waals surface area contributed by atoms with E-state index in [2.05, 4.69) is 18.6 Å². The van der Waals surface area contributed by atoms with Crippen molar-refractivity contribution in [3.05, 3.63) is 29.8 Å². The van der Waals surface area contributed by atoms with Gasteiger partial charge >= 0.3 is 0 Å². The highest BCUT2D eigenvalue weighted by molar-refractivity contribution is 7.89. The van der Waals surface area contributed by atoms with Crippen LogP contribution < -0.4 is 4.72 Å². The quantitative estimate of drug-likeness (QED) is 0.878. The monoisotopic (exact) mass is 311 g/mol. The molecule has 5 heteroatoms. The van der Waals surface area contributed by atoms with Gasteiger partial charge in [0.1, 0.15) is 0 Å². The number of rotatable bonds is 5. The third-order valence-electron chi connectivity index (χ3n) is 4.24. The van der Waals surface area contributed by atoms with Crippen molar-refractivity contribution in [1.82, 2.24) is 4.72 Å². The van der Waals surface area contributed by atoms with Gasteiger partial charge in [-0.15, -0.1) is 0 Å². The van der Waals surface area contributed by atoms with Crippen LogP contribution in [0.4, 0.5) is 0 Å². The molecule has 1 saturated carbocycles. The van der Waals surface area contributed by atoms with Gasteiger partial charge in [0.2, 0.25) is 10.0 Å². The normalized spacial score (nSPS) is 23.4. The molecule has 0 heterocycles. The van der Waals surface area contributed by atoms with Gasteiger partial charge in [-0.1, -0.05) is 26.0 Å². The van der Waals surface area contributed by atoms with Gasteiger partial charge in [0.25, 0.3) is 0 Å². The summed E-state index contributed by atoms with van der Waals surface area (Å²) >= 11 is 0. The molecule has 1 aromatic rings. The number of hydrogen-bond acceptors (Lipinski definition) is 3. The summed E-state index contributed by atoms with van der Waals surface area (Å²) < 4.78 is 27.2. The zero-order chi connectivity index (χ0) is 15.5. The van der Waals surface area contributed by atoms with Gasteiger partial charge in [0.15, 0.2) is 0 Å². The minimum atomic E-state index is -3.43. The van der Waals surface area contributed by atoms with Crippen LogP contribution >= 0.6 is 0 Å². The second-order valence-corrected chi connectivity index (χ2v) is 8.02. The number of benzene rings is 1. The molecule has 21 heavy (non-hydrogen) atoms. The predicted octanol–water partition coefficient (Wildman–Crippen LogP) is 2.64. The lowest BCUT2D eigenvalue weighted by Crippen LogP contribution is -2.32. The van der Waals surface area contributed by atoms with Crippen LogP contribution in [0.25, 0.3) is 0 Å². The summed E-state index contributed by atoms with van der Waals surface area (Å²) in [6.45, 7) is 4.62. The predicted molar refractivity (Wildman–Crippen MR) is 83.7 cm³/mol. The fourth-order valence-corrected chi connectivity index (χ4v) is 3.81. The second-order valence-electron chi connectivity index (χ2n) is 6.25. The van der Waals surface area contributed by atoms with Crippen molar-refractivity contribution in [1.29, 1.82) is 0 Å². The largest absolute Gasteiger partial charge is 0.393 e. The van der Waals surface area contributed by atoms with E-state index in [0.29, 0.717) is 23.3 Å². The minimum absolute atomic E-state index is 0.207. The Labute approximate surface area is 127 Å². The molecule has 0 aromatic heterocycles. The molecule has 0 bridgehead atoms. The summed E-state index contributed by atoms with van der Waals surface area (Å²) in [7, 11) is -3.43. The third-order valence-corrected chi connectivity index (χ3v) is 5.67. The summed E-state index contributed by atoms with van der Waals surface area (Å²) in [4.78, 5) is 0.322. The smallest absolute Gasteiger partial charge is 0.240 e. The Bertz CT molecular complexity index is 543. The van der Waals surface area contributed by atoms with Crippen molar-refractivity contribution in [2.75, 3.05) is 6.54 Å². The third kappa shape index (κ3) is 4.53. The fraction of sp³-hybridized carbons (Fsp3) is 0.625. The summed E-state index contributed by atoms with van der Waals surface area (Å²) in [6, 6.07) is 7.08. The summed E-state index contributed by atoms with van der Waals surface area (Å²) in [5.74, 6) is 0.724. The van der Waals surface area contributed by atoms with Gasteiger partial charge in [-0.25, -0.2) is 13.1 Å². The lowest BCUT2D eigenvalue weighted by Gasteiger charge is -2.25. The molecule has 0 aliphatic heterocycles. The van der Waals surface area contributed by atoms with E-state index in [-0.39, 0.29) is 6.10 Å². The molecule has 0 amide bonds. The van der Waals surface area contributed by atoms with E-state index in [0.717, 1.165) is 31.2 Å². The Morgan fingerprint density at radius 2 is 1.71 bits per heavy atom. The summed E-state index contributed by atoms with van der Waals surface area (Å²) in [5, 5.41) is 9.47. The summed E-state index contributed by atoms with van der Waals surface area (Å²) in [5.41, 5.74) is 1.13. The first kappa shape index (κ1) is 16.5. The molecule has 1 aromatic carbocycles. The van der Waals surface area contributed by atoms with Crippen LogP contribution in [0, 0.1) is 5.92 Å². The van der Waals surface area contributed by atoms with Crippen LogP contribution in [0.3, 0.4) is 0 Å². The maximum atomic E-state index is 12.3. The molecule has 0 unspecified atom stereocenters. The number of aliphatic hydroxyl groups excluding tert-OH is 1. The maximum absolute atomic E-state index is 12.3. The van der Waals surface area contributed by atoms with Crippen molar-refractivity contribution >= 4 is 10.0 Å². The van der Waals surface area contributed by atoms with Crippen molar-refractivity contribution < 1.29 is 13.5 Å². The average Bonchev–Trinajstić information content (AvgIpc) is 2.47. The molecule has 1 aliphatic rings. The highest BCUT2D eigenvalue weighted by atomic mass is 32.2. The van der Waals surface area contributed by atoms with E-state index in [9.17, 15) is 13.5 Å². The Balaban J connectivity index is 1.95. The lowest BCUT2D eigenvalue weighted by molar-refractivity contribution is 0.109. The van der Waals surface area contributed by atoms with Crippen LogP contribution in [0.2, 0.25) is 0 Å². The number of nitrogens with one attached hydrogen (secondary N) is 1. The zero-order valence-electron chi connectivity index (χ0n) is 12.7. The van der Waals surface area contributed by atoms with Crippen LogP contribution in [0.5, 0.6) is 0 Å². The standard InChI is InChI=1S/C16H25NO3S/c1-12(2)14-5-9-16(10-6-14)21(19,20)17-11-13-3-7-15(18)8-4-13/h5-6,9-10,12-13,15,17-18H,3-4,7-8,11H2,1-2H3. The van der Waals surface area contributed by atoms with Gasteiger partial charge in [-0.3, -0.25) is 0 Å². The van der Waals surface area contributed by atoms with Crippen LogP contribution in [-0.2, 0) is 10.0 Å². The number of hydrogen-bond donors (Lipinski definition) is 2. The van der Waals surface area contributed by atoms with Crippen molar-refractivity contribution in [3.63, 3.8) is 0 Å². The number of sulfonamides is 1. The Hall–Kier alpha value is -0.910. The molecular formula is C16H25NO3S. The van der Waals surface area contributed by atoms with Gasteiger partial charge in [-0.05, 0) is 55.2 Å². The molecule has 0 radical (unpaired) electrons. The van der Waals surface area contributed by atoms with Crippen molar-refractivity contribution in [2.45, 2.75) is 56.4 Å². The zero-order valence-corrected chi connectivity index (χ0v) is 13.6. The first-order valence-electron chi connectivity index (χ1n) is 7.66. The molecule has 1 aliphatic carbocycles. The summed E-state index contributed by atoms with van der Waals surface area (Å²) in [6.07, 6.45) is 3.11. The Kier molecular flexibility index (Phi) is 5.41. The van der Waals surface area contributed by atoms with E-state index >= 15 is 0 Å². The highest BCUT2D eigenvalue weighted by Crippen LogP contribution is 2.24. The molecule has 0 spiro atoms. The molecular weight excluding hydrogens is 286 g/mol.